The van der Waals surface area contributed by atoms with Gasteiger partial charge in [0.2, 0.25) is 0 Å². The summed E-state index contributed by atoms with van der Waals surface area (Å²) >= 11 is 0. The fourth-order valence-electron chi connectivity index (χ4n) is 2.03. The molecule has 1 aliphatic heterocycles. The maximum Gasteiger partial charge on any atom is 0.264 e. The first-order valence-corrected chi connectivity index (χ1v) is 6.34. The molecule has 1 aromatic rings. The van der Waals surface area contributed by atoms with E-state index in [9.17, 15) is 9.59 Å². The molecular weight excluding hydrogens is 242 g/mol. The van der Waals surface area contributed by atoms with Crippen LogP contribution in [0.15, 0.2) is 18.2 Å². The van der Waals surface area contributed by atoms with E-state index in [2.05, 4.69) is 0 Å². The molecule has 0 saturated heterocycles. The molecular formula is C15H19NO3. The van der Waals surface area contributed by atoms with Crippen LogP contribution in [-0.4, -0.2) is 25.3 Å². The topological polar surface area (TPSA) is 46.6 Å². The molecule has 1 aromatic carbocycles. The zero-order valence-corrected chi connectivity index (χ0v) is 11.8. The molecule has 0 unspecified atom stereocenters. The average Bonchev–Trinajstić information content (AvgIpc) is 2.31. The van der Waals surface area contributed by atoms with E-state index in [1.54, 1.807) is 25.2 Å². The Kier molecular flexibility index (Phi) is 3.35. The number of hydrogen-bond acceptors (Lipinski definition) is 3. The highest BCUT2D eigenvalue weighted by molar-refractivity contribution is 6.01. The molecule has 1 heterocycles. The predicted molar refractivity (Wildman–Crippen MR) is 73.7 cm³/mol. The van der Waals surface area contributed by atoms with Crippen LogP contribution in [-0.2, 0) is 4.79 Å². The van der Waals surface area contributed by atoms with Crippen LogP contribution in [0.3, 0.4) is 0 Å². The van der Waals surface area contributed by atoms with Crippen LogP contribution >= 0.6 is 0 Å². The molecule has 1 amide bonds. The van der Waals surface area contributed by atoms with Gasteiger partial charge >= 0.3 is 0 Å². The van der Waals surface area contributed by atoms with Gasteiger partial charge in [0, 0.05) is 19.0 Å². The van der Waals surface area contributed by atoms with Gasteiger partial charge in [0.15, 0.2) is 12.4 Å². The molecule has 102 valence electrons. The normalized spacial score (nSPS) is 14.9. The van der Waals surface area contributed by atoms with Gasteiger partial charge in [0.05, 0.1) is 5.69 Å². The van der Waals surface area contributed by atoms with Crippen molar-refractivity contribution < 1.29 is 14.3 Å². The minimum atomic E-state index is -0.104. The van der Waals surface area contributed by atoms with Crippen LogP contribution in [0.4, 0.5) is 5.69 Å². The molecule has 4 heteroatoms. The van der Waals surface area contributed by atoms with Crippen molar-refractivity contribution in [2.75, 3.05) is 18.6 Å². The van der Waals surface area contributed by atoms with Crippen LogP contribution in [0.5, 0.6) is 5.75 Å². The van der Waals surface area contributed by atoms with E-state index >= 15 is 0 Å². The first-order valence-electron chi connectivity index (χ1n) is 6.34. The Morgan fingerprint density at radius 1 is 1.37 bits per heavy atom. The number of nitrogens with zero attached hydrogens (tertiary/aromatic N) is 1. The van der Waals surface area contributed by atoms with Crippen molar-refractivity contribution in [3.05, 3.63) is 23.8 Å². The van der Waals surface area contributed by atoms with Gasteiger partial charge in [-0.25, -0.2) is 0 Å². The predicted octanol–water partition coefficient (Wildman–Crippen LogP) is 2.66. The highest BCUT2D eigenvalue weighted by Crippen LogP contribution is 2.33. The zero-order valence-electron chi connectivity index (χ0n) is 11.8. The molecule has 1 aliphatic rings. The van der Waals surface area contributed by atoms with Crippen molar-refractivity contribution in [1.29, 1.82) is 0 Å². The first kappa shape index (κ1) is 13.6. The number of carbonyl (C=O) groups is 2. The van der Waals surface area contributed by atoms with Crippen LogP contribution < -0.4 is 9.64 Å². The number of carbonyl (C=O) groups excluding carboxylic acids is 2. The second-order valence-electron chi connectivity index (χ2n) is 6.08. The smallest absolute Gasteiger partial charge is 0.264 e. The van der Waals surface area contributed by atoms with Crippen molar-refractivity contribution >= 4 is 17.4 Å². The van der Waals surface area contributed by atoms with Crippen LogP contribution in [0.2, 0.25) is 0 Å². The fraction of sp³-hybridized carbons (Fsp3) is 0.467. The Morgan fingerprint density at radius 3 is 2.68 bits per heavy atom. The monoisotopic (exact) mass is 261 g/mol. The number of rotatable bonds is 2. The largest absolute Gasteiger partial charge is 0.482 e. The Labute approximate surface area is 113 Å². The summed E-state index contributed by atoms with van der Waals surface area (Å²) in [6, 6.07) is 5.26. The van der Waals surface area contributed by atoms with Gasteiger partial charge in [-0.05, 0) is 23.6 Å². The number of ketones is 1. The lowest BCUT2D eigenvalue weighted by molar-refractivity contribution is -0.120. The zero-order chi connectivity index (χ0) is 14.2. The SMILES string of the molecule is CN1C(=O)COc2ccc(C(=O)CC(C)(C)C)cc21. The second kappa shape index (κ2) is 4.68. The van der Waals surface area contributed by atoms with Crippen LogP contribution in [0.25, 0.3) is 0 Å². The van der Waals surface area contributed by atoms with Crippen molar-refractivity contribution in [2.45, 2.75) is 27.2 Å². The first-order chi connectivity index (χ1) is 8.78. The molecule has 2 rings (SSSR count). The van der Waals surface area contributed by atoms with E-state index in [4.69, 9.17) is 4.74 Å². The maximum atomic E-state index is 12.2. The molecule has 0 N–H and O–H groups in total. The Hall–Kier alpha value is -1.84. The molecule has 19 heavy (non-hydrogen) atoms. The van der Waals surface area contributed by atoms with Crippen molar-refractivity contribution in [3.63, 3.8) is 0 Å². The van der Waals surface area contributed by atoms with Gasteiger partial charge in [-0.2, -0.15) is 0 Å². The molecule has 0 bridgehead atoms. The molecule has 0 aliphatic carbocycles. The summed E-state index contributed by atoms with van der Waals surface area (Å²) in [5.74, 6) is 0.629. The third-order valence-electron chi connectivity index (χ3n) is 3.06. The number of Topliss-reactive ketones (excluding diaryl/α,β-unsaturated/α-hetero) is 1. The van der Waals surface area contributed by atoms with Gasteiger partial charge in [-0.3, -0.25) is 9.59 Å². The minimum Gasteiger partial charge on any atom is -0.482 e. The number of ether oxygens (including phenoxy) is 1. The third kappa shape index (κ3) is 2.95. The summed E-state index contributed by atoms with van der Waals surface area (Å²) in [7, 11) is 1.70. The Bertz CT molecular complexity index is 529. The Balaban J connectivity index is 2.30. The van der Waals surface area contributed by atoms with Crippen molar-refractivity contribution in [1.82, 2.24) is 0 Å². The summed E-state index contributed by atoms with van der Waals surface area (Å²) in [6.07, 6.45) is 0.476. The summed E-state index contributed by atoms with van der Waals surface area (Å²) in [5.41, 5.74) is 1.24. The molecule has 0 radical (unpaired) electrons. The number of hydrogen-bond donors (Lipinski definition) is 0. The molecule has 0 fully saturated rings. The number of amides is 1. The molecule has 0 saturated carbocycles. The van der Waals surface area contributed by atoms with E-state index in [-0.39, 0.29) is 23.7 Å². The van der Waals surface area contributed by atoms with Crippen molar-refractivity contribution in [2.24, 2.45) is 5.41 Å². The lowest BCUT2D eigenvalue weighted by Gasteiger charge is -2.26. The van der Waals surface area contributed by atoms with Gasteiger partial charge in [0.25, 0.3) is 5.91 Å². The van der Waals surface area contributed by atoms with Crippen LogP contribution in [0.1, 0.15) is 37.6 Å². The van der Waals surface area contributed by atoms with E-state index in [0.717, 1.165) is 0 Å². The molecule has 0 atom stereocenters. The third-order valence-corrected chi connectivity index (χ3v) is 3.06. The number of anilines is 1. The fourth-order valence-corrected chi connectivity index (χ4v) is 2.03. The van der Waals surface area contributed by atoms with Crippen molar-refractivity contribution in [3.8, 4) is 5.75 Å². The van der Waals surface area contributed by atoms with E-state index in [1.807, 2.05) is 20.8 Å². The standard InChI is InChI=1S/C15H19NO3/c1-15(2,3)8-12(17)10-5-6-13-11(7-10)16(4)14(18)9-19-13/h5-7H,8-9H2,1-4H3. The van der Waals surface area contributed by atoms with E-state index in [0.29, 0.717) is 23.4 Å². The summed E-state index contributed by atoms with van der Waals surface area (Å²) < 4.78 is 5.34. The van der Waals surface area contributed by atoms with Crippen LogP contribution in [0, 0.1) is 5.41 Å². The lowest BCUT2D eigenvalue weighted by atomic mass is 9.88. The highest BCUT2D eigenvalue weighted by Gasteiger charge is 2.24. The molecule has 0 spiro atoms. The maximum absolute atomic E-state index is 12.2. The summed E-state index contributed by atoms with van der Waals surface area (Å²) in [6.45, 7) is 6.14. The highest BCUT2D eigenvalue weighted by atomic mass is 16.5. The second-order valence-corrected chi connectivity index (χ2v) is 6.08. The molecule has 0 aromatic heterocycles. The Morgan fingerprint density at radius 2 is 2.05 bits per heavy atom. The number of fused-ring (bicyclic) bond motifs is 1. The quantitative estimate of drug-likeness (QED) is 0.769. The van der Waals surface area contributed by atoms with Gasteiger partial charge in [-0.15, -0.1) is 0 Å². The molecule has 4 nitrogen and oxygen atoms in total. The van der Waals surface area contributed by atoms with Gasteiger partial charge in [-0.1, -0.05) is 20.8 Å². The number of benzene rings is 1. The van der Waals surface area contributed by atoms with Gasteiger partial charge < -0.3 is 9.64 Å². The minimum absolute atomic E-state index is 0.0504. The number of likely N-dealkylation sites (N-methyl/N-ethyl adjacent to an activating group) is 1. The summed E-state index contributed by atoms with van der Waals surface area (Å²) in [5, 5.41) is 0. The van der Waals surface area contributed by atoms with E-state index in [1.165, 1.54) is 4.90 Å². The van der Waals surface area contributed by atoms with E-state index < -0.39 is 0 Å². The van der Waals surface area contributed by atoms with Gasteiger partial charge in [0.1, 0.15) is 5.75 Å². The lowest BCUT2D eigenvalue weighted by Crippen LogP contribution is -2.35. The average molecular weight is 261 g/mol. The summed E-state index contributed by atoms with van der Waals surface area (Å²) in [4.78, 5) is 25.3.